The van der Waals surface area contributed by atoms with Crippen molar-refractivity contribution in [2.45, 2.75) is 24.4 Å². The number of aromatic nitrogens is 3. The normalized spacial score (nSPS) is 12.6. The molecule has 0 fully saturated rings. The maximum atomic E-state index is 12.3. The van der Waals surface area contributed by atoms with E-state index in [1.165, 1.54) is 28.0 Å². The number of amides is 1. The predicted molar refractivity (Wildman–Crippen MR) is 102 cm³/mol. The molecule has 0 radical (unpaired) electrons. The van der Waals surface area contributed by atoms with Crippen LogP contribution in [0.25, 0.3) is 5.69 Å². The summed E-state index contributed by atoms with van der Waals surface area (Å²) >= 11 is 2.80. The van der Waals surface area contributed by atoms with Gasteiger partial charge in [-0.15, -0.1) is 16.4 Å². The van der Waals surface area contributed by atoms with E-state index < -0.39 is 0 Å². The molecule has 8 heteroatoms. The van der Waals surface area contributed by atoms with E-state index in [2.05, 4.69) is 21.5 Å². The molecule has 1 aliphatic rings. The quantitative estimate of drug-likeness (QED) is 0.685. The molecule has 3 aromatic rings. The lowest BCUT2D eigenvalue weighted by Crippen LogP contribution is -2.14. The van der Waals surface area contributed by atoms with Gasteiger partial charge in [0.25, 0.3) is 0 Å². The fourth-order valence-corrected chi connectivity index (χ4v) is 4.78. The monoisotopic (exact) mass is 381 g/mol. The second kappa shape index (κ2) is 7.32. The SMILES string of the molecule is N#Cc1c(NC(=O)CSc2ncn(-c3ccccc3)n2)sc2c1CCC2. The number of benzene rings is 1. The molecule has 1 N–H and O–H groups in total. The molecule has 0 saturated carbocycles. The first kappa shape index (κ1) is 16.8. The summed E-state index contributed by atoms with van der Waals surface area (Å²) in [6.45, 7) is 0. The maximum absolute atomic E-state index is 12.3. The van der Waals surface area contributed by atoms with Gasteiger partial charge in [-0.2, -0.15) is 5.26 Å². The average Bonchev–Trinajstić information content (AvgIpc) is 3.36. The van der Waals surface area contributed by atoms with Crippen LogP contribution in [-0.2, 0) is 17.6 Å². The average molecular weight is 381 g/mol. The topological polar surface area (TPSA) is 83.6 Å². The molecule has 0 unspecified atom stereocenters. The second-order valence-corrected chi connectivity index (χ2v) is 7.87. The summed E-state index contributed by atoms with van der Waals surface area (Å²) in [4.78, 5) is 17.7. The number of fused-ring (bicyclic) bond motifs is 1. The highest BCUT2D eigenvalue weighted by molar-refractivity contribution is 7.99. The Morgan fingerprint density at radius 2 is 2.19 bits per heavy atom. The molecule has 26 heavy (non-hydrogen) atoms. The number of carbonyl (C=O) groups is 1. The van der Waals surface area contributed by atoms with Gasteiger partial charge in [-0.1, -0.05) is 30.0 Å². The first-order valence-corrected chi connectivity index (χ1v) is 9.99. The summed E-state index contributed by atoms with van der Waals surface area (Å²) in [6.07, 6.45) is 4.66. The third-order valence-electron chi connectivity index (χ3n) is 4.11. The van der Waals surface area contributed by atoms with Crippen LogP contribution in [-0.4, -0.2) is 26.4 Å². The number of hydrogen-bond donors (Lipinski definition) is 1. The van der Waals surface area contributed by atoms with Crippen molar-refractivity contribution >= 4 is 34.0 Å². The standard InChI is InChI=1S/C18H15N5OS2/c19-9-14-13-7-4-8-15(13)26-17(14)21-16(24)10-25-18-20-11-23(22-18)12-5-2-1-3-6-12/h1-3,5-6,11H,4,7-8,10H2,(H,21,24). The molecule has 0 spiro atoms. The van der Waals surface area contributed by atoms with Gasteiger partial charge in [0, 0.05) is 4.88 Å². The Labute approximate surface area is 158 Å². The lowest BCUT2D eigenvalue weighted by Gasteiger charge is -2.02. The Balaban J connectivity index is 1.38. The summed E-state index contributed by atoms with van der Waals surface area (Å²) in [5.41, 5.74) is 2.67. The van der Waals surface area contributed by atoms with Crippen LogP contribution in [0.3, 0.4) is 0 Å². The number of thioether (sulfide) groups is 1. The Bertz CT molecular complexity index is 987. The van der Waals surface area contributed by atoms with Crippen molar-refractivity contribution in [1.29, 1.82) is 5.26 Å². The van der Waals surface area contributed by atoms with Crippen LogP contribution in [0.5, 0.6) is 0 Å². The zero-order valence-corrected chi connectivity index (χ0v) is 15.4. The van der Waals surface area contributed by atoms with E-state index >= 15 is 0 Å². The molecule has 4 rings (SSSR count). The Hall–Kier alpha value is -2.63. The lowest BCUT2D eigenvalue weighted by molar-refractivity contribution is -0.113. The van der Waals surface area contributed by atoms with Crippen molar-refractivity contribution in [2.75, 3.05) is 11.1 Å². The molecule has 0 aliphatic heterocycles. The molecule has 2 aromatic heterocycles. The largest absolute Gasteiger partial charge is 0.316 e. The van der Waals surface area contributed by atoms with Gasteiger partial charge in [-0.3, -0.25) is 4.79 Å². The number of para-hydroxylation sites is 1. The molecule has 0 bridgehead atoms. The minimum atomic E-state index is -0.150. The van der Waals surface area contributed by atoms with E-state index in [1.54, 1.807) is 11.0 Å². The number of aryl methyl sites for hydroxylation is 1. The van der Waals surface area contributed by atoms with Crippen LogP contribution in [0, 0.1) is 11.3 Å². The van der Waals surface area contributed by atoms with Gasteiger partial charge in [-0.05, 0) is 37.0 Å². The molecule has 2 heterocycles. The van der Waals surface area contributed by atoms with Crippen molar-refractivity contribution < 1.29 is 4.79 Å². The number of rotatable bonds is 5. The van der Waals surface area contributed by atoms with Gasteiger partial charge < -0.3 is 5.32 Å². The molecule has 0 saturated heterocycles. The number of thiophene rings is 1. The number of anilines is 1. The van der Waals surface area contributed by atoms with Crippen molar-refractivity contribution in [2.24, 2.45) is 0 Å². The van der Waals surface area contributed by atoms with Crippen molar-refractivity contribution in [3.05, 3.63) is 52.7 Å². The van der Waals surface area contributed by atoms with Crippen LogP contribution in [0.1, 0.15) is 22.4 Å². The van der Waals surface area contributed by atoms with Crippen molar-refractivity contribution in [1.82, 2.24) is 14.8 Å². The summed E-state index contributed by atoms with van der Waals surface area (Å²) < 4.78 is 1.68. The number of nitriles is 1. The summed E-state index contributed by atoms with van der Waals surface area (Å²) in [6, 6.07) is 11.9. The van der Waals surface area contributed by atoms with Crippen LogP contribution < -0.4 is 5.32 Å². The number of nitrogens with one attached hydrogen (secondary N) is 1. The maximum Gasteiger partial charge on any atom is 0.235 e. The van der Waals surface area contributed by atoms with Gasteiger partial charge in [0.2, 0.25) is 11.1 Å². The van der Waals surface area contributed by atoms with Crippen LogP contribution in [0.4, 0.5) is 5.00 Å². The first-order valence-electron chi connectivity index (χ1n) is 8.19. The Morgan fingerprint density at radius 1 is 1.35 bits per heavy atom. The zero-order chi connectivity index (χ0) is 17.9. The minimum absolute atomic E-state index is 0.150. The van der Waals surface area contributed by atoms with E-state index in [-0.39, 0.29) is 11.7 Å². The van der Waals surface area contributed by atoms with E-state index in [0.717, 1.165) is 30.5 Å². The van der Waals surface area contributed by atoms with Gasteiger partial charge in [0.05, 0.1) is 17.0 Å². The molecule has 0 atom stereocenters. The molecule has 6 nitrogen and oxygen atoms in total. The lowest BCUT2D eigenvalue weighted by atomic mass is 10.1. The summed E-state index contributed by atoms with van der Waals surface area (Å²) in [7, 11) is 0. The zero-order valence-electron chi connectivity index (χ0n) is 13.8. The van der Waals surface area contributed by atoms with Gasteiger partial charge in [0.15, 0.2) is 0 Å². The number of carbonyl (C=O) groups excluding carboxylic acids is 1. The van der Waals surface area contributed by atoms with Crippen LogP contribution >= 0.6 is 23.1 Å². The first-order chi connectivity index (χ1) is 12.7. The summed E-state index contributed by atoms with van der Waals surface area (Å²) in [5.74, 6) is 0.0502. The van der Waals surface area contributed by atoms with Crippen LogP contribution in [0.15, 0.2) is 41.8 Å². The van der Waals surface area contributed by atoms with E-state index in [9.17, 15) is 10.1 Å². The van der Waals surface area contributed by atoms with Gasteiger partial charge in [0.1, 0.15) is 17.4 Å². The van der Waals surface area contributed by atoms with Crippen molar-refractivity contribution in [3.8, 4) is 11.8 Å². The predicted octanol–water partition coefficient (Wildman–Crippen LogP) is 3.42. The Kier molecular flexibility index (Phi) is 4.73. The molecule has 130 valence electrons. The van der Waals surface area contributed by atoms with Gasteiger partial charge >= 0.3 is 0 Å². The molecule has 1 aromatic carbocycles. The highest BCUT2D eigenvalue weighted by Gasteiger charge is 2.23. The van der Waals surface area contributed by atoms with Crippen molar-refractivity contribution in [3.63, 3.8) is 0 Å². The number of hydrogen-bond acceptors (Lipinski definition) is 6. The number of nitrogens with zero attached hydrogens (tertiary/aromatic N) is 4. The van der Waals surface area contributed by atoms with Gasteiger partial charge in [-0.25, -0.2) is 9.67 Å². The van der Waals surface area contributed by atoms with Crippen LogP contribution in [0.2, 0.25) is 0 Å². The molecular formula is C18H15N5OS2. The Morgan fingerprint density at radius 3 is 3.00 bits per heavy atom. The molecular weight excluding hydrogens is 366 g/mol. The molecule has 1 aliphatic carbocycles. The van der Waals surface area contributed by atoms with E-state index in [1.807, 2.05) is 30.3 Å². The highest BCUT2D eigenvalue weighted by atomic mass is 32.2. The fourth-order valence-electron chi connectivity index (χ4n) is 2.92. The summed E-state index contributed by atoms with van der Waals surface area (Å²) in [5, 5.41) is 17.8. The molecule has 1 amide bonds. The highest BCUT2D eigenvalue weighted by Crippen LogP contribution is 2.38. The van der Waals surface area contributed by atoms with E-state index in [0.29, 0.717) is 15.7 Å². The van der Waals surface area contributed by atoms with E-state index in [4.69, 9.17) is 0 Å². The third-order valence-corrected chi connectivity index (χ3v) is 6.17. The smallest absolute Gasteiger partial charge is 0.235 e. The third kappa shape index (κ3) is 3.36. The fraction of sp³-hybridized carbons (Fsp3) is 0.222. The second-order valence-electron chi connectivity index (χ2n) is 5.82. The minimum Gasteiger partial charge on any atom is -0.316 e.